The lowest BCUT2D eigenvalue weighted by Gasteiger charge is -2.09. The summed E-state index contributed by atoms with van der Waals surface area (Å²) in [6, 6.07) is 6.39. The van der Waals surface area contributed by atoms with Gasteiger partial charge in [-0.1, -0.05) is 17.8 Å². The first-order valence-corrected chi connectivity index (χ1v) is 9.11. The third kappa shape index (κ3) is 3.94. The van der Waals surface area contributed by atoms with E-state index in [-0.39, 0.29) is 16.4 Å². The molecule has 148 valence electrons. The molecule has 11 heteroatoms. The molecule has 4 rings (SSSR count). The molecule has 0 saturated heterocycles. The molecule has 0 atom stereocenters. The number of amides is 1. The van der Waals surface area contributed by atoms with Crippen molar-refractivity contribution >= 4 is 28.9 Å². The molecular formula is C18H13F3N6OS. The van der Waals surface area contributed by atoms with Crippen molar-refractivity contribution in [3.05, 3.63) is 71.3 Å². The van der Waals surface area contributed by atoms with Gasteiger partial charge in [-0.3, -0.25) is 4.79 Å². The zero-order valence-electron chi connectivity index (χ0n) is 14.6. The number of hydrogen-bond donors (Lipinski definition) is 2. The third-order valence-corrected chi connectivity index (χ3v) is 5.14. The summed E-state index contributed by atoms with van der Waals surface area (Å²) >= 11 is 1.19. The molecule has 1 aromatic carbocycles. The number of fused-ring (bicyclic) bond motifs is 1. The number of alkyl halides is 3. The molecule has 0 radical (unpaired) electrons. The van der Waals surface area contributed by atoms with E-state index in [0.29, 0.717) is 12.2 Å². The van der Waals surface area contributed by atoms with E-state index in [1.165, 1.54) is 11.8 Å². The molecule has 7 nitrogen and oxygen atoms in total. The molecular weight excluding hydrogens is 405 g/mol. The van der Waals surface area contributed by atoms with Crippen LogP contribution in [0.2, 0.25) is 0 Å². The van der Waals surface area contributed by atoms with Gasteiger partial charge in [0.15, 0.2) is 5.82 Å². The number of benzene rings is 1. The molecule has 3 N–H and O–H groups in total. The van der Waals surface area contributed by atoms with Crippen LogP contribution in [0, 0.1) is 0 Å². The maximum absolute atomic E-state index is 13.0. The minimum Gasteiger partial charge on any atom is -0.365 e. The summed E-state index contributed by atoms with van der Waals surface area (Å²) in [4.78, 5) is 24.1. The highest BCUT2D eigenvalue weighted by Crippen LogP contribution is 2.44. The maximum Gasteiger partial charge on any atom is 0.433 e. The van der Waals surface area contributed by atoms with Gasteiger partial charge in [-0.15, -0.1) is 0 Å². The fourth-order valence-electron chi connectivity index (χ4n) is 2.78. The predicted octanol–water partition coefficient (Wildman–Crippen LogP) is 3.11. The number of nitrogens with two attached hydrogens (primary N) is 1. The number of anilines is 1. The van der Waals surface area contributed by atoms with Crippen molar-refractivity contribution < 1.29 is 18.0 Å². The number of halogens is 3. The van der Waals surface area contributed by atoms with Crippen molar-refractivity contribution in [3.63, 3.8) is 0 Å². The van der Waals surface area contributed by atoms with Gasteiger partial charge >= 0.3 is 6.18 Å². The fraction of sp³-hybridized carbons (Fsp3) is 0.111. The monoisotopic (exact) mass is 418 g/mol. The summed E-state index contributed by atoms with van der Waals surface area (Å²) in [7, 11) is 0. The standard InChI is InChI=1S/C18H13F3N6OS/c19-18(20,21)13-3-4-24-16(26-13)14(15(22)28)17-25-11-2-1-10(7-12(11)29-17)8-27-6-5-23-9-27/h1-7,9,25H,8H2,(H2,22,28)/b17-14-. The predicted molar refractivity (Wildman–Crippen MR) is 100 cm³/mol. The normalized spacial score (nSPS) is 15.0. The smallest absolute Gasteiger partial charge is 0.365 e. The summed E-state index contributed by atoms with van der Waals surface area (Å²) < 4.78 is 40.8. The van der Waals surface area contributed by atoms with Crippen LogP contribution in [-0.4, -0.2) is 25.4 Å². The minimum atomic E-state index is -4.66. The largest absolute Gasteiger partial charge is 0.433 e. The Bertz CT molecular complexity index is 1110. The molecule has 1 amide bonds. The lowest BCUT2D eigenvalue weighted by atomic mass is 10.2. The molecule has 0 unspecified atom stereocenters. The van der Waals surface area contributed by atoms with Crippen molar-refractivity contribution in [1.29, 1.82) is 0 Å². The van der Waals surface area contributed by atoms with Gasteiger partial charge in [0.25, 0.3) is 5.91 Å². The third-order valence-electron chi connectivity index (χ3n) is 4.07. The van der Waals surface area contributed by atoms with E-state index in [0.717, 1.165) is 22.7 Å². The molecule has 0 saturated carbocycles. The first-order chi connectivity index (χ1) is 13.8. The molecule has 3 heterocycles. The summed E-state index contributed by atoms with van der Waals surface area (Å²) in [5.41, 5.74) is 5.80. The highest BCUT2D eigenvalue weighted by atomic mass is 32.2. The Labute approximate surface area is 166 Å². The van der Waals surface area contributed by atoms with Crippen molar-refractivity contribution in [2.24, 2.45) is 5.73 Å². The van der Waals surface area contributed by atoms with Gasteiger partial charge in [0.1, 0.15) is 11.3 Å². The molecule has 1 aliphatic rings. The molecule has 0 fully saturated rings. The Balaban J connectivity index is 1.68. The van der Waals surface area contributed by atoms with E-state index in [1.54, 1.807) is 12.5 Å². The zero-order chi connectivity index (χ0) is 20.6. The van der Waals surface area contributed by atoms with Crippen LogP contribution in [0.3, 0.4) is 0 Å². The number of thioether (sulfide) groups is 1. The topological polar surface area (TPSA) is 98.7 Å². The Hall–Kier alpha value is -3.34. The summed E-state index contributed by atoms with van der Waals surface area (Å²) in [5.74, 6) is -1.31. The quantitative estimate of drug-likeness (QED) is 0.632. The zero-order valence-corrected chi connectivity index (χ0v) is 15.5. The van der Waals surface area contributed by atoms with E-state index < -0.39 is 17.8 Å². The average molecular weight is 418 g/mol. The van der Waals surface area contributed by atoms with Crippen LogP contribution in [0.15, 0.2) is 59.1 Å². The average Bonchev–Trinajstić information content (AvgIpc) is 3.30. The van der Waals surface area contributed by atoms with E-state index in [1.807, 2.05) is 29.0 Å². The van der Waals surface area contributed by atoms with Gasteiger partial charge in [0.05, 0.1) is 17.0 Å². The SMILES string of the molecule is NC(=O)/C(=C1\Nc2ccc(Cn3ccnc3)cc2S1)c1nccc(C(F)(F)F)n1. The van der Waals surface area contributed by atoms with E-state index in [4.69, 9.17) is 5.73 Å². The second-order valence-corrected chi connectivity index (χ2v) is 7.18. The van der Waals surface area contributed by atoms with Gasteiger partial charge in [-0.2, -0.15) is 13.2 Å². The van der Waals surface area contributed by atoms with Gasteiger partial charge in [0.2, 0.25) is 0 Å². The highest BCUT2D eigenvalue weighted by molar-refractivity contribution is 8.04. The maximum atomic E-state index is 13.0. The van der Waals surface area contributed by atoms with Crippen LogP contribution in [0.4, 0.5) is 18.9 Å². The number of carbonyl (C=O) groups is 1. The molecule has 2 aromatic heterocycles. The van der Waals surface area contributed by atoms with E-state index in [2.05, 4.69) is 20.3 Å². The van der Waals surface area contributed by atoms with Gasteiger partial charge in [-0.25, -0.2) is 15.0 Å². The van der Waals surface area contributed by atoms with Crippen LogP contribution in [0.1, 0.15) is 17.1 Å². The molecule has 1 aliphatic heterocycles. The second-order valence-electron chi connectivity index (χ2n) is 6.12. The molecule has 0 spiro atoms. The van der Waals surface area contributed by atoms with Gasteiger partial charge in [-0.05, 0) is 23.8 Å². The molecule has 29 heavy (non-hydrogen) atoms. The fourth-order valence-corrected chi connectivity index (χ4v) is 3.89. The van der Waals surface area contributed by atoms with Crippen molar-refractivity contribution in [1.82, 2.24) is 19.5 Å². The Morgan fingerprint density at radius 2 is 2.07 bits per heavy atom. The molecule has 0 aliphatic carbocycles. The molecule has 0 bridgehead atoms. The van der Waals surface area contributed by atoms with Crippen LogP contribution < -0.4 is 11.1 Å². The number of carbonyl (C=O) groups excluding carboxylic acids is 1. The summed E-state index contributed by atoms with van der Waals surface area (Å²) in [6.45, 7) is 0.603. The van der Waals surface area contributed by atoms with Crippen LogP contribution in [0.5, 0.6) is 0 Å². The number of rotatable bonds is 4. The first kappa shape index (κ1) is 19.0. The lowest BCUT2D eigenvalue weighted by molar-refractivity contribution is -0.141. The Morgan fingerprint density at radius 3 is 2.76 bits per heavy atom. The van der Waals surface area contributed by atoms with E-state index in [9.17, 15) is 18.0 Å². The van der Waals surface area contributed by atoms with Crippen molar-refractivity contribution in [2.45, 2.75) is 17.6 Å². The number of hydrogen-bond acceptors (Lipinski definition) is 6. The van der Waals surface area contributed by atoms with Crippen molar-refractivity contribution in [3.8, 4) is 0 Å². The Morgan fingerprint density at radius 1 is 1.24 bits per heavy atom. The van der Waals surface area contributed by atoms with Crippen LogP contribution in [0.25, 0.3) is 5.57 Å². The number of imidazole rings is 1. The van der Waals surface area contributed by atoms with Crippen LogP contribution in [-0.2, 0) is 17.5 Å². The summed E-state index contributed by atoms with van der Waals surface area (Å²) in [5, 5.41) is 3.30. The first-order valence-electron chi connectivity index (χ1n) is 8.29. The number of primary amides is 1. The number of aromatic nitrogens is 4. The minimum absolute atomic E-state index is 0.201. The summed E-state index contributed by atoms with van der Waals surface area (Å²) in [6.07, 6.45) is 1.50. The number of nitrogens with zero attached hydrogens (tertiary/aromatic N) is 4. The second kappa shape index (κ2) is 7.24. The van der Waals surface area contributed by atoms with Crippen molar-refractivity contribution in [2.75, 3.05) is 5.32 Å². The van der Waals surface area contributed by atoms with Crippen LogP contribution >= 0.6 is 11.8 Å². The lowest BCUT2D eigenvalue weighted by Crippen LogP contribution is -2.19. The van der Waals surface area contributed by atoms with Gasteiger partial charge in [0, 0.05) is 30.0 Å². The van der Waals surface area contributed by atoms with E-state index >= 15 is 0 Å². The highest BCUT2D eigenvalue weighted by Gasteiger charge is 2.34. The molecule has 3 aromatic rings. The Kier molecular flexibility index (Phi) is 4.74. The van der Waals surface area contributed by atoms with Gasteiger partial charge < -0.3 is 15.6 Å². The number of nitrogens with one attached hydrogen (secondary N) is 1.